The molecule has 1 aromatic rings. The van der Waals surface area contributed by atoms with E-state index in [0.29, 0.717) is 11.1 Å². The maximum absolute atomic E-state index is 12.4. The van der Waals surface area contributed by atoms with Crippen LogP contribution in [0.5, 0.6) is 0 Å². The summed E-state index contributed by atoms with van der Waals surface area (Å²) in [4.78, 5) is 14.2. The molecular formula is C14H17N3O. The van der Waals surface area contributed by atoms with Crippen LogP contribution in [-0.4, -0.2) is 23.9 Å². The van der Waals surface area contributed by atoms with Gasteiger partial charge in [-0.25, -0.2) is 0 Å². The Hall–Kier alpha value is -1.86. The van der Waals surface area contributed by atoms with E-state index in [2.05, 4.69) is 6.07 Å². The highest BCUT2D eigenvalue weighted by Crippen LogP contribution is 2.23. The number of benzene rings is 1. The Morgan fingerprint density at radius 1 is 1.44 bits per heavy atom. The average molecular weight is 243 g/mol. The molecule has 1 aliphatic rings. The first-order valence-corrected chi connectivity index (χ1v) is 6.14. The maximum atomic E-state index is 12.4. The third kappa shape index (κ3) is 2.22. The Labute approximate surface area is 107 Å². The van der Waals surface area contributed by atoms with Crippen LogP contribution in [0.2, 0.25) is 0 Å². The molecule has 1 saturated heterocycles. The van der Waals surface area contributed by atoms with Gasteiger partial charge in [0.15, 0.2) is 0 Å². The lowest BCUT2D eigenvalue weighted by Gasteiger charge is -2.29. The van der Waals surface area contributed by atoms with Gasteiger partial charge in [0.2, 0.25) is 5.91 Å². The van der Waals surface area contributed by atoms with Crippen LogP contribution in [0.25, 0.3) is 0 Å². The first-order chi connectivity index (χ1) is 8.55. The van der Waals surface area contributed by atoms with Crippen molar-refractivity contribution < 1.29 is 4.79 Å². The number of nitrogens with zero attached hydrogens (tertiary/aromatic N) is 2. The van der Waals surface area contributed by atoms with Gasteiger partial charge >= 0.3 is 0 Å². The van der Waals surface area contributed by atoms with E-state index in [1.54, 1.807) is 36.1 Å². The van der Waals surface area contributed by atoms with Crippen molar-refractivity contribution in [2.75, 3.05) is 13.1 Å². The van der Waals surface area contributed by atoms with E-state index in [1.165, 1.54) is 0 Å². The highest BCUT2D eigenvalue weighted by atomic mass is 16.2. The van der Waals surface area contributed by atoms with Crippen LogP contribution in [0.1, 0.15) is 30.9 Å². The van der Waals surface area contributed by atoms with E-state index >= 15 is 0 Å². The second-order valence-electron chi connectivity index (χ2n) is 4.89. The molecule has 0 spiro atoms. The lowest BCUT2D eigenvalue weighted by Crippen LogP contribution is -2.50. The molecule has 0 bridgehead atoms. The van der Waals surface area contributed by atoms with Crippen LogP contribution in [0.3, 0.4) is 0 Å². The van der Waals surface area contributed by atoms with Crippen molar-refractivity contribution in [2.24, 2.45) is 5.73 Å². The van der Waals surface area contributed by atoms with Crippen LogP contribution >= 0.6 is 0 Å². The topological polar surface area (TPSA) is 70.1 Å². The van der Waals surface area contributed by atoms with Gasteiger partial charge in [0.05, 0.1) is 11.6 Å². The van der Waals surface area contributed by atoms with Crippen LogP contribution in [-0.2, 0) is 10.3 Å². The number of rotatable bonds is 2. The van der Waals surface area contributed by atoms with E-state index < -0.39 is 5.54 Å². The van der Waals surface area contributed by atoms with Gasteiger partial charge in [0, 0.05) is 13.1 Å². The molecule has 0 aromatic heterocycles. The SMILES string of the molecule is CC(N)(C(=O)N1CCCC1)c1cccc(C#N)c1. The van der Waals surface area contributed by atoms with Crippen molar-refractivity contribution in [1.29, 1.82) is 5.26 Å². The summed E-state index contributed by atoms with van der Waals surface area (Å²) in [6.07, 6.45) is 2.08. The van der Waals surface area contributed by atoms with Crippen molar-refractivity contribution in [3.63, 3.8) is 0 Å². The van der Waals surface area contributed by atoms with Crippen molar-refractivity contribution in [3.8, 4) is 6.07 Å². The molecule has 1 unspecified atom stereocenters. The summed E-state index contributed by atoms with van der Waals surface area (Å²) in [5.41, 5.74) is 6.35. The zero-order valence-electron chi connectivity index (χ0n) is 10.5. The predicted molar refractivity (Wildman–Crippen MR) is 68.5 cm³/mol. The van der Waals surface area contributed by atoms with E-state index in [1.807, 2.05) is 0 Å². The zero-order chi connectivity index (χ0) is 13.2. The second-order valence-corrected chi connectivity index (χ2v) is 4.89. The van der Waals surface area contributed by atoms with E-state index in [9.17, 15) is 4.79 Å². The number of likely N-dealkylation sites (tertiary alicyclic amines) is 1. The standard InChI is InChI=1S/C14H17N3O/c1-14(16,13(18)17-7-2-3-8-17)12-6-4-5-11(9-12)10-15/h4-6,9H,2-3,7-8,16H2,1H3. The minimum Gasteiger partial charge on any atom is -0.341 e. The summed E-state index contributed by atoms with van der Waals surface area (Å²) in [6, 6.07) is 9.02. The van der Waals surface area contributed by atoms with Crippen LogP contribution in [0.4, 0.5) is 0 Å². The van der Waals surface area contributed by atoms with Gasteiger partial charge < -0.3 is 10.6 Å². The molecule has 1 atom stereocenters. The van der Waals surface area contributed by atoms with Gasteiger partial charge in [-0.1, -0.05) is 12.1 Å². The summed E-state index contributed by atoms with van der Waals surface area (Å²) >= 11 is 0. The van der Waals surface area contributed by atoms with Gasteiger partial charge in [-0.15, -0.1) is 0 Å². The second kappa shape index (κ2) is 4.79. The Morgan fingerprint density at radius 2 is 2.11 bits per heavy atom. The Morgan fingerprint density at radius 3 is 2.72 bits per heavy atom. The minimum absolute atomic E-state index is 0.0601. The zero-order valence-corrected chi connectivity index (χ0v) is 10.5. The van der Waals surface area contributed by atoms with Crippen molar-refractivity contribution >= 4 is 5.91 Å². The highest BCUT2D eigenvalue weighted by Gasteiger charge is 2.35. The third-order valence-corrected chi connectivity index (χ3v) is 3.43. The molecule has 1 heterocycles. The summed E-state index contributed by atoms with van der Waals surface area (Å²) in [7, 11) is 0. The molecule has 94 valence electrons. The monoisotopic (exact) mass is 243 g/mol. The molecule has 1 fully saturated rings. The molecule has 4 heteroatoms. The number of hydrogen-bond acceptors (Lipinski definition) is 3. The molecule has 0 aliphatic carbocycles. The number of nitrogens with two attached hydrogens (primary N) is 1. The maximum Gasteiger partial charge on any atom is 0.246 e. The summed E-state index contributed by atoms with van der Waals surface area (Å²) in [5, 5.41) is 8.89. The minimum atomic E-state index is -1.06. The molecule has 18 heavy (non-hydrogen) atoms. The highest BCUT2D eigenvalue weighted by molar-refractivity contribution is 5.87. The average Bonchev–Trinajstić information content (AvgIpc) is 2.91. The number of carbonyl (C=O) groups is 1. The van der Waals surface area contributed by atoms with Gasteiger partial charge in [-0.05, 0) is 37.5 Å². The fourth-order valence-electron chi connectivity index (χ4n) is 2.28. The molecule has 2 rings (SSSR count). The number of carbonyl (C=O) groups excluding carboxylic acids is 1. The molecule has 1 aliphatic heterocycles. The molecule has 2 N–H and O–H groups in total. The molecule has 1 aromatic carbocycles. The van der Waals surface area contributed by atoms with Gasteiger partial charge in [-0.3, -0.25) is 4.79 Å². The predicted octanol–water partition coefficient (Wildman–Crippen LogP) is 1.35. The Bertz CT molecular complexity index is 496. The molecule has 1 amide bonds. The molecular weight excluding hydrogens is 226 g/mol. The molecule has 0 radical (unpaired) electrons. The third-order valence-electron chi connectivity index (χ3n) is 3.43. The quantitative estimate of drug-likeness (QED) is 0.852. The smallest absolute Gasteiger partial charge is 0.246 e. The Balaban J connectivity index is 2.28. The van der Waals surface area contributed by atoms with E-state index in [0.717, 1.165) is 25.9 Å². The van der Waals surface area contributed by atoms with Crippen molar-refractivity contribution in [2.45, 2.75) is 25.3 Å². The fraction of sp³-hybridized carbons (Fsp3) is 0.429. The first kappa shape index (κ1) is 12.6. The first-order valence-electron chi connectivity index (χ1n) is 6.14. The van der Waals surface area contributed by atoms with Gasteiger partial charge in [-0.2, -0.15) is 5.26 Å². The summed E-state index contributed by atoms with van der Waals surface area (Å²) in [5.74, 6) is -0.0601. The van der Waals surface area contributed by atoms with Gasteiger partial charge in [0.1, 0.15) is 5.54 Å². The summed E-state index contributed by atoms with van der Waals surface area (Å²) < 4.78 is 0. The number of amides is 1. The Kier molecular flexibility index (Phi) is 3.35. The lowest BCUT2D eigenvalue weighted by molar-refractivity contribution is -0.135. The van der Waals surface area contributed by atoms with Crippen molar-refractivity contribution in [1.82, 2.24) is 4.90 Å². The number of nitriles is 1. The van der Waals surface area contributed by atoms with Crippen molar-refractivity contribution in [3.05, 3.63) is 35.4 Å². The lowest BCUT2D eigenvalue weighted by atomic mass is 9.90. The fourth-order valence-corrected chi connectivity index (χ4v) is 2.28. The molecule has 0 saturated carbocycles. The summed E-state index contributed by atoms with van der Waals surface area (Å²) in [6.45, 7) is 3.28. The van der Waals surface area contributed by atoms with Crippen LogP contribution in [0.15, 0.2) is 24.3 Å². The van der Waals surface area contributed by atoms with Crippen LogP contribution in [0, 0.1) is 11.3 Å². The molecule has 4 nitrogen and oxygen atoms in total. The van der Waals surface area contributed by atoms with Gasteiger partial charge in [0.25, 0.3) is 0 Å². The van der Waals surface area contributed by atoms with E-state index in [4.69, 9.17) is 11.0 Å². The normalized spacial score (nSPS) is 18.2. The number of hydrogen-bond donors (Lipinski definition) is 1. The largest absolute Gasteiger partial charge is 0.341 e. The van der Waals surface area contributed by atoms with E-state index in [-0.39, 0.29) is 5.91 Å². The van der Waals surface area contributed by atoms with Crippen LogP contribution < -0.4 is 5.73 Å².